The first-order valence-electron chi connectivity index (χ1n) is 10.2. The molecule has 0 bridgehead atoms. The summed E-state index contributed by atoms with van der Waals surface area (Å²) in [5, 5.41) is 5.92. The third-order valence-electron chi connectivity index (χ3n) is 5.51. The van der Waals surface area contributed by atoms with Crippen LogP contribution in [0.1, 0.15) is 47.2 Å². The fraction of sp³-hybridized carbons (Fsp3) is 0.391. The van der Waals surface area contributed by atoms with Crippen LogP contribution in [0.5, 0.6) is 0 Å². The smallest absolute Gasteiger partial charge is 0.251 e. The summed E-state index contributed by atoms with van der Waals surface area (Å²) >= 11 is 0. The summed E-state index contributed by atoms with van der Waals surface area (Å²) in [5.41, 5.74) is 3.78. The third kappa shape index (κ3) is 4.78. The van der Waals surface area contributed by atoms with Crippen LogP contribution in [-0.4, -0.2) is 29.8 Å². The van der Waals surface area contributed by atoms with Gasteiger partial charge in [-0.2, -0.15) is 0 Å². The standard InChI is InChI=1S/C23H27N3O2/c27-22(17-9-11-21(12-10-17)25-23(28)18-7-8-18)24-15-19-5-1-2-6-20(19)16-26-13-3-4-14-26/h1-2,5-6,9-12,18H,3-4,7-8,13-16H2,(H,24,27)(H,25,28). The summed E-state index contributed by atoms with van der Waals surface area (Å²) in [7, 11) is 0. The molecule has 4 rings (SSSR count). The van der Waals surface area contributed by atoms with Gasteiger partial charge in [-0.15, -0.1) is 0 Å². The highest BCUT2D eigenvalue weighted by Gasteiger charge is 2.29. The molecule has 1 aliphatic carbocycles. The second-order valence-electron chi connectivity index (χ2n) is 7.78. The Bertz CT molecular complexity index is 837. The fourth-order valence-electron chi connectivity index (χ4n) is 3.64. The molecule has 146 valence electrons. The second kappa shape index (κ2) is 8.57. The number of rotatable bonds is 7. The quantitative estimate of drug-likeness (QED) is 0.776. The number of nitrogens with zero attached hydrogens (tertiary/aromatic N) is 1. The molecule has 2 aliphatic rings. The minimum absolute atomic E-state index is 0.0758. The number of hydrogen-bond acceptors (Lipinski definition) is 3. The zero-order valence-corrected chi connectivity index (χ0v) is 16.1. The Morgan fingerprint density at radius 3 is 2.29 bits per heavy atom. The van der Waals surface area contributed by atoms with Crippen LogP contribution in [0.4, 0.5) is 5.69 Å². The van der Waals surface area contributed by atoms with Gasteiger partial charge in [0.05, 0.1) is 0 Å². The second-order valence-corrected chi connectivity index (χ2v) is 7.78. The van der Waals surface area contributed by atoms with E-state index in [4.69, 9.17) is 0 Å². The number of benzene rings is 2. The first kappa shape index (κ1) is 18.7. The van der Waals surface area contributed by atoms with E-state index in [1.54, 1.807) is 24.3 Å². The lowest BCUT2D eigenvalue weighted by Crippen LogP contribution is -2.25. The largest absolute Gasteiger partial charge is 0.348 e. The van der Waals surface area contributed by atoms with E-state index in [0.717, 1.165) is 43.7 Å². The molecule has 0 radical (unpaired) electrons. The average Bonchev–Trinajstić information content (AvgIpc) is 3.45. The zero-order chi connectivity index (χ0) is 19.3. The SMILES string of the molecule is O=C(NCc1ccccc1CN1CCCC1)c1ccc(NC(=O)C2CC2)cc1. The van der Waals surface area contributed by atoms with Crippen molar-refractivity contribution in [2.24, 2.45) is 5.92 Å². The molecule has 0 unspecified atom stereocenters. The summed E-state index contributed by atoms with van der Waals surface area (Å²) in [6.07, 6.45) is 4.50. The highest BCUT2D eigenvalue weighted by molar-refractivity contribution is 5.96. The van der Waals surface area contributed by atoms with Crippen LogP contribution in [0.3, 0.4) is 0 Å². The Morgan fingerprint density at radius 2 is 1.61 bits per heavy atom. The van der Waals surface area contributed by atoms with E-state index < -0.39 is 0 Å². The lowest BCUT2D eigenvalue weighted by Gasteiger charge is -2.17. The van der Waals surface area contributed by atoms with Gasteiger partial charge in [-0.05, 0) is 74.2 Å². The monoisotopic (exact) mass is 377 g/mol. The Labute approximate surface area is 166 Å². The van der Waals surface area contributed by atoms with E-state index in [-0.39, 0.29) is 17.7 Å². The summed E-state index contributed by atoms with van der Waals surface area (Å²) in [6, 6.07) is 15.4. The van der Waals surface area contributed by atoms with Crippen LogP contribution in [0.2, 0.25) is 0 Å². The lowest BCUT2D eigenvalue weighted by molar-refractivity contribution is -0.117. The van der Waals surface area contributed by atoms with Crippen molar-refractivity contribution in [3.8, 4) is 0 Å². The summed E-state index contributed by atoms with van der Waals surface area (Å²) in [6.45, 7) is 3.78. The Morgan fingerprint density at radius 1 is 0.929 bits per heavy atom. The first-order valence-corrected chi connectivity index (χ1v) is 10.2. The van der Waals surface area contributed by atoms with Gasteiger partial charge in [-0.1, -0.05) is 24.3 Å². The molecule has 2 aromatic rings. The molecule has 2 N–H and O–H groups in total. The van der Waals surface area contributed by atoms with Gasteiger partial charge >= 0.3 is 0 Å². The zero-order valence-electron chi connectivity index (χ0n) is 16.1. The van der Waals surface area contributed by atoms with Crippen molar-refractivity contribution in [3.63, 3.8) is 0 Å². The number of carbonyl (C=O) groups is 2. The van der Waals surface area contributed by atoms with Gasteiger partial charge in [0, 0.05) is 30.3 Å². The summed E-state index contributed by atoms with van der Waals surface area (Å²) in [5.74, 6) is 0.145. The third-order valence-corrected chi connectivity index (χ3v) is 5.51. The van der Waals surface area contributed by atoms with Crippen LogP contribution in [0.25, 0.3) is 0 Å². The van der Waals surface area contributed by atoms with Crippen molar-refractivity contribution in [3.05, 3.63) is 65.2 Å². The highest BCUT2D eigenvalue weighted by Crippen LogP contribution is 2.30. The number of nitrogens with one attached hydrogen (secondary N) is 2. The Kier molecular flexibility index (Phi) is 5.72. The average molecular weight is 377 g/mol. The van der Waals surface area contributed by atoms with Crippen molar-refractivity contribution in [2.75, 3.05) is 18.4 Å². The molecule has 0 spiro atoms. The fourth-order valence-corrected chi connectivity index (χ4v) is 3.64. The minimum Gasteiger partial charge on any atom is -0.348 e. The molecule has 1 saturated carbocycles. The normalized spacial score (nSPS) is 16.7. The van der Waals surface area contributed by atoms with E-state index in [9.17, 15) is 9.59 Å². The van der Waals surface area contributed by atoms with Crippen LogP contribution >= 0.6 is 0 Å². The predicted octanol–water partition coefficient (Wildman–Crippen LogP) is 3.56. The van der Waals surface area contributed by atoms with E-state index >= 15 is 0 Å². The van der Waals surface area contributed by atoms with E-state index in [1.807, 2.05) is 6.07 Å². The molecule has 5 heteroatoms. The molecule has 28 heavy (non-hydrogen) atoms. The number of hydrogen-bond donors (Lipinski definition) is 2. The number of amides is 2. The van der Waals surface area contributed by atoms with Crippen molar-refractivity contribution in [2.45, 2.75) is 38.8 Å². The maximum atomic E-state index is 12.5. The molecule has 2 aromatic carbocycles. The van der Waals surface area contributed by atoms with Crippen molar-refractivity contribution in [1.29, 1.82) is 0 Å². The van der Waals surface area contributed by atoms with E-state index in [2.05, 4.69) is 33.7 Å². The van der Waals surface area contributed by atoms with Crippen molar-refractivity contribution < 1.29 is 9.59 Å². The van der Waals surface area contributed by atoms with Crippen molar-refractivity contribution in [1.82, 2.24) is 10.2 Å². The summed E-state index contributed by atoms with van der Waals surface area (Å²) in [4.78, 5) is 26.8. The van der Waals surface area contributed by atoms with Gasteiger partial charge in [-0.25, -0.2) is 0 Å². The van der Waals surface area contributed by atoms with E-state index in [0.29, 0.717) is 12.1 Å². The molecule has 2 fully saturated rings. The number of anilines is 1. The molecule has 5 nitrogen and oxygen atoms in total. The van der Waals surface area contributed by atoms with Crippen LogP contribution in [-0.2, 0) is 17.9 Å². The van der Waals surface area contributed by atoms with Crippen molar-refractivity contribution >= 4 is 17.5 Å². The van der Waals surface area contributed by atoms with Crippen LogP contribution in [0.15, 0.2) is 48.5 Å². The van der Waals surface area contributed by atoms with Gasteiger partial charge in [0.1, 0.15) is 0 Å². The molecular weight excluding hydrogens is 350 g/mol. The molecule has 2 amide bonds. The van der Waals surface area contributed by atoms with Gasteiger partial charge in [-0.3, -0.25) is 14.5 Å². The number of likely N-dealkylation sites (tertiary alicyclic amines) is 1. The predicted molar refractivity (Wildman–Crippen MR) is 110 cm³/mol. The molecule has 0 aromatic heterocycles. The Hall–Kier alpha value is -2.66. The maximum Gasteiger partial charge on any atom is 0.251 e. The van der Waals surface area contributed by atoms with Gasteiger partial charge < -0.3 is 10.6 Å². The number of carbonyl (C=O) groups excluding carboxylic acids is 2. The van der Waals surface area contributed by atoms with Gasteiger partial charge in [0.25, 0.3) is 5.91 Å². The summed E-state index contributed by atoms with van der Waals surface area (Å²) < 4.78 is 0. The first-order chi connectivity index (χ1) is 13.7. The molecule has 0 atom stereocenters. The molecular formula is C23H27N3O2. The van der Waals surface area contributed by atoms with E-state index in [1.165, 1.54) is 18.4 Å². The Balaban J connectivity index is 1.33. The minimum atomic E-state index is -0.101. The molecule has 1 saturated heterocycles. The maximum absolute atomic E-state index is 12.5. The van der Waals surface area contributed by atoms with Crippen LogP contribution in [0, 0.1) is 5.92 Å². The highest BCUT2D eigenvalue weighted by atomic mass is 16.2. The topological polar surface area (TPSA) is 61.4 Å². The van der Waals surface area contributed by atoms with Crippen LogP contribution < -0.4 is 10.6 Å². The van der Waals surface area contributed by atoms with Gasteiger partial charge in [0.15, 0.2) is 0 Å². The molecule has 1 aliphatic heterocycles. The molecule has 1 heterocycles. The lowest BCUT2D eigenvalue weighted by atomic mass is 10.1. The van der Waals surface area contributed by atoms with Gasteiger partial charge in [0.2, 0.25) is 5.91 Å².